The molecule has 2 aromatic rings. The summed E-state index contributed by atoms with van der Waals surface area (Å²) in [6.07, 6.45) is 3.14. The molecule has 0 spiro atoms. The fraction of sp³-hybridized carbons (Fsp3) is 0.421. The van der Waals surface area contributed by atoms with Gasteiger partial charge < -0.3 is 20.9 Å². The molecule has 2 amide bonds. The van der Waals surface area contributed by atoms with Crippen molar-refractivity contribution in [2.24, 2.45) is 11.7 Å². The van der Waals surface area contributed by atoms with E-state index in [4.69, 9.17) is 5.73 Å². The standard InChI is InChI=1S/C19H24N4O3/c1-12(20)13-6-8-23(9-7-13)17(24)11-22-19(26)15-10-21-16-5-3-2-4-14(16)18(15)25/h2-5,10,12-13H,6-9,11,20H2,1H3,(H,21,25)(H,22,26). The summed E-state index contributed by atoms with van der Waals surface area (Å²) in [4.78, 5) is 41.7. The van der Waals surface area contributed by atoms with Gasteiger partial charge in [-0.15, -0.1) is 0 Å². The SMILES string of the molecule is CC(N)C1CCN(C(=O)CNC(=O)c2c[nH]c3ccccc3c2=O)CC1. The van der Waals surface area contributed by atoms with Gasteiger partial charge in [-0.2, -0.15) is 0 Å². The van der Waals surface area contributed by atoms with Gasteiger partial charge in [-0.25, -0.2) is 0 Å². The molecule has 1 aromatic carbocycles. The van der Waals surface area contributed by atoms with E-state index < -0.39 is 5.91 Å². The summed E-state index contributed by atoms with van der Waals surface area (Å²) in [5, 5.41) is 3.01. The molecule has 0 aliphatic carbocycles. The number of nitrogens with zero attached hydrogens (tertiary/aromatic N) is 1. The van der Waals surface area contributed by atoms with Crippen molar-refractivity contribution in [2.75, 3.05) is 19.6 Å². The van der Waals surface area contributed by atoms with Crippen LogP contribution in [0, 0.1) is 5.92 Å². The average Bonchev–Trinajstić information content (AvgIpc) is 2.66. The number of aromatic amines is 1. The fourth-order valence-electron chi connectivity index (χ4n) is 3.37. The molecule has 1 aliphatic heterocycles. The lowest BCUT2D eigenvalue weighted by molar-refractivity contribution is -0.131. The topological polar surface area (TPSA) is 108 Å². The minimum absolute atomic E-state index is 0.00663. The number of benzene rings is 1. The van der Waals surface area contributed by atoms with Crippen molar-refractivity contribution >= 4 is 22.7 Å². The number of likely N-dealkylation sites (tertiary alicyclic amines) is 1. The van der Waals surface area contributed by atoms with Gasteiger partial charge in [-0.3, -0.25) is 14.4 Å². The van der Waals surface area contributed by atoms with Gasteiger partial charge in [0.05, 0.1) is 6.54 Å². The van der Waals surface area contributed by atoms with Gasteiger partial charge in [0.2, 0.25) is 11.3 Å². The van der Waals surface area contributed by atoms with E-state index in [1.54, 1.807) is 23.1 Å². The van der Waals surface area contributed by atoms with Crippen LogP contribution < -0.4 is 16.5 Å². The molecule has 2 heterocycles. The summed E-state index contributed by atoms with van der Waals surface area (Å²) in [5.74, 6) is -0.251. The number of H-pyrrole nitrogens is 1. The zero-order valence-electron chi connectivity index (χ0n) is 14.8. The number of hydrogen-bond donors (Lipinski definition) is 3. The molecule has 1 aromatic heterocycles. The number of rotatable bonds is 4. The predicted molar refractivity (Wildman–Crippen MR) is 99.9 cm³/mol. The molecule has 1 fully saturated rings. The predicted octanol–water partition coefficient (Wildman–Crippen LogP) is 0.844. The highest BCUT2D eigenvalue weighted by atomic mass is 16.2. The van der Waals surface area contributed by atoms with Crippen LogP contribution >= 0.6 is 0 Å². The Balaban J connectivity index is 1.60. The molecule has 26 heavy (non-hydrogen) atoms. The smallest absolute Gasteiger partial charge is 0.257 e. The number of carbonyl (C=O) groups is 2. The second-order valence-electron chi connectivity index (χ2n) is 6.84. The third-order valence-corrected chi connectivity index (χ3v) is 5.07. The van der Waals surface area contributed by atoms with Crippen LogP contribution in [0.1, 0.15) is 30.1 Å². The number of carbonyl (C=O) groups excluding carboxylic acids is 2. The zero-order chi connectivity index (χ0) is 18.7. The first-order valence-corrected chi connectivity index (χ1v) is 8.89. The quantitative estimate of drug-likeness (QED) is 0.754. The number of piperidine rings is 1. The molecule has 7 nitrogen and oxygen atoms in total. The van der Waals surface area contributed by atoms with Gasteiger partial charge in [0.15, 0.2) is 0 Å². The van der Waals surface area contributed by atoms with E-state index in [-0.39, 0.29) is 29.5 Å². The Bertz CT molecular complexity index is 866. The summed E-state index contributed by atoms with van der Waals surface area (Å²) in [6, 6.07) is 7.12. The van der Waals surface area contributed by atoms with Gasteiger partial charge in [-0.1, -0.05) is 12.1 Å². The molecule has 1 atom stereocenters. The van der Waals surface area contributed by atoms with Crippen LogP contribution in [-0.4, -0.2) is 47.4 Å². The first-order valence-electron chi connectivity index (χ1n) is 8.89. The maximum Gasteiger partial charge on any atom is 0.257 e. The van der Waals surface area contributed by atoms with Crippen molar-refractivity contribution in [3.8, 4) is 0 Å². The van der Waals surface area contributed by atoms with Crippen LogP contribution in [0.15, 0.2) is 35.3 Å². The lowest BCUT2D eigenvalue weighted by atomic mass is 9.91. The van der Waals surface area contributed by atoms with Crippen LogP contribution in [0.2, 0.25) is 0 Å². The second kappa shape index (κ2) is 7.70. The van der Waals surface area contributed by atoms with Gasteiger partial charge in [0.1, 0.15) is 5.56 Å². The summed E-state index contributed by atoms with van der Waals surface area (Å²) < 4.78 is 0. The van der Waals surface area contributed by atoms with Crippen LogP contribution in [0.5, 0.6) is 0 Å². The highest BCUT2D eigenvalue weighted by Gasteiger charge is 2.25. The molecule has 3 rings (SSSR count). The minimum Gasteiger partial charge on any atom is -0.360 e. The van der Waals surface area contributed by atoms with E-state index in [0.717, 1.165) is 12.8 Å². The lowest BCUT2D eigenvalue weighted by Crippen LogP contribution is -2.46. The van der Waals surface area contributed by atoms with Crippen molar-refractivity contribution in [1.29, 1.82) is 0 Å². The molecule has 1 unspecified atom stereocenters. The zero-order valence-corrected chi connectivity index (χ0v) is 14.8. The maximum atomic E-state index is 12.4. The van der Waals surface area contributed by atoms with Crippen molar-refractivity contribution in [1.82, 2.24) is 15.2 Å². The van der Waals surface area contributed by atoms with E-state index in [1.807, 2.05) is 13.0 Å². The highest BCUT2D eigenvalue weighted by Crippen LogP contribution is 2.19. The van der Waals surface area contributed by atoms with E-state index in [9.17, 15) is 14.4 Å². The fourth-order valence-corrected chi connectivity index (χ4v) is 3.37. The largest absolute Gasteiger partial charge is 0.360 e. The number of pyridine rings is 1. The van der Waals surface area contributed by atoms with Crippen LogP contribution in [-0.2, 0) is 4.79 Å². The minimum atomic E-state index is -0.546. The highest BCUT2D eigenvalue weighted by molar-refractivity contribution is 5.98. The molecular formula is C19H24N4O3. The summed E-state index contributed by atoms with van der Waals surface area (Å²) >= 11 is 0. The van der Waals surface area contributed by atoms with Crippen LogP contribution in [0.4, 0.5) is 0 Å². The molecule has 138 valence electrons. The van der Waals surface area contributed by atoms with Crippen LogP contribution in [0.3, 0.4) is 0 Å². The monoisotopic (exact) mass is 356 g/mol. The number of para-hydroxylation sites is 1. The second-order valence-corrected chi connectivity index (χ2v) is 6.84. The molecule has 4 N–H and O–H groups in total. The third-order valence-electron chi connectivity index (χ3n) is 5.07. The molecule has 0 radical (unpaired) electrons. The van der Waals surface area contributed by atoms with Crippen LogP contribution in [0.25, 0.3) is 10.9 Å². The van der Waals surface area contributed by atoms with E-state index in [1.165, 1.54) is 6.20 Å². The van der Waals surface area contributed by atoms with E-state index in [2.05, 4.69) is 10.3 Å². The summed E-state index contributed by atoms with van der Waals surface area (Å²) in [7, 11) is 0. The van der Waals surface area contributed by atoms with E-state index >= 15 is 0 Å². The summed E-state index contributed by atoms with van der Waals surface area (Å²) in [6.45, 7) is 3.17. The Labute approximate surface area is 151 Å². The Morgan fingerprint density at radius 1 is 1.31 bits per heavy atom. The first-order chi connectivity index (χ1) is 12.5. The normalized spacial score (nSPS) is 16.5. The Morgan fingerprint density at radius 3 is 2.69 bits per heavy atom. The van der Waals surface area contributed by atoms with Gasteiger partial charge in [-0.05, 0) is 37.8 Å². The molecule has 1 saturated heterocycles. The van der Waals surface area contributed by atoms with Crippen molar-refractivity contribution in [3.05, 3.63) is 46.2 Å². The van der Waals surface area contributed by atoms with Gasteiger partial charge in [0, 0.05) is 36.2 Å². The molecule has 0 bridgehead atoms. The number of amides is 2. The number of aromatic nitrogens is 1. The third kappa shape index (κ3) is 3.77. The molecule has 7 heteroatoms. The number of fused-ring (bicyclic) bond motifs is 1. The number of nitrogens with one attached hydrogen (secondary N) is 2. The van der Waals surface area contributed by atoms with Gasteiger partial charge >= 0.3 is 0 Å². The number of nitrogens with two attached hydrogens (primary N) is 1. The number of hydrogen-bond acceptors (Lipinski definition) is 4. The van der Waals surface area contributed by atoms with Gasteiger partial charge in [0.25, 0.3) is 5.91 Å². The van der Waals surface area contributed by atoms with Crippen molar-refractivity contribution in [3.63, 3.8) is 0 Å². The lowest BCUT2D eigenvalue weighted by Gasteiger charge is -2.33. The Kier molecular flexibility index (Phi) is 5.37. The van der Waals surface area contributed by atoms with Crippen molar-refractivity contribution in [2.45, 2.75) is 25.8 Å². The average molecular weight is 356 g/mol. The molecule has 1 aliphatic rings. The Hall–Kier alpha value is -2.67. The molecule has 0 saturated carbocycles. The molecular weight excluding hydrogens is 332 g/mol. The maximum absolute atomic E-state index is 12.4. The van der Waals surface area contributed by atoms with Crippen molar-refractivity contribution < 1.29 is 9.59 Å². The summed E-state index contributed by atoms with van der Waals surface area (Å²) in [5.41, 5.74) is 6.24. The first kappa shape index (κ1) is 18.1. The Morgan fingerprint density at radius 2 is 2.00 bits per heavy atom. The van der Waals surface area contributed by atoms with E-state index in [0.29, 0.717) is 29.9 Å².